The number of nitriles is 1. The van der Waals surface area contributed by atoms with Crippen molar-refractivity contribution in [2.75, 3.05) is 6.54 Å². The van der Waals surface area contributed by atoms with E-state index in [1.807, 2.05) is 6.92 Å². The fourth-order valence-corrected chi connectivity index (χ4v) is 1.42. The number of nitrogens with one attached hydrogen (secondary N) is 1. The highest BCUT2D eigenvalue weighted by Crippen LogP contribution is 2.15. The lowest BCUT2D eigenvalue weighted by Gasteiger charge is -2.21. The number of nitrogens with zero attached hydrogens (tertiary/aromatic N) is 1. The first-order valence-electron chi connectivity index (χ1n) is 5.70. The number of rotatable bonds is 5. The topological polar surface area (TPSA) is 56.0 Å². The van der Waals surface area contributed by atoms with Crippen LogP contribution in [-0.2, 0) is 6.54 Å². The van der Waals surface area contributed by atoms with E-state index in [0.29, 0.717) is 6.42 Å². The van der Waals surface area contributed by atoms with E-state index in [2.05, 4.69) is 5.32 Å². The summed E-state index contributed by atoms with van der Waals surface area (Å²) in [7, 11) is 0. The van der Waals surface area contributed by atoms with Crippen molar-refractivity contribution < 1.29 is 13.9 Å². The summed E-state index contributed by atoms with van der Waals surface area (Å²) in [4.78, 5) is 0. The molecule has 0 saturated carbocycles. The number of hydrogen-bond acceptors (Lipinski definition) is 3. The van der Waals surface area contributed by atoms with Crippen LogP contribution < -0.4 is 5.32 Å². The van der Waals surface area contributed by atoms with E-state index in [0.717, 1.165) is 12.1 Å². The molecule has 1 unspecified atom stereocenters. The molecule has 1 aromatic carbocycles. The van der Waals surface area contributed by atoms with Gasteiger partial charge in [0, 0.05) is 18.7 Å². The van der Waals surface area contributed by atoms with Crippen molar-refractivity contribution in [3.63, 3.8) is 0 Å². The number of aliphatic hydroxyl groups is 1. The standard InChI is InChI=1S/C13H16F2N2O/c1-3-13(2,18)8-17-7-10-11(14)4-9(6-16)5-12(10)15/h4-5,17-18H,3,7-8H2,1-2H3. The Kier molecular flexibility index (Phi) is 4.76. The molecule has 0 saturated heterocycles. The normalized spacial score (nSPS) is 14.0. The maximum atomic E-state index is 13.5. The molecule has 0 aliphatic heterocycles. The van der Waals surface area contributed by atoms with E-state index in [-0.39, 0.29) is 24.2 Å². The van der Waals surface area contributed by atoms with Gasteiger partial charge in [-0.1, -0.05) is 6.92 Å². The molecule has 0 aliphatic carbocycles. The second-order valence-electron chi connectivity index (χ2n) is 4.48. The molecule has 5 heteroatoms. The Morgan fingerprint density at radius 1 is 1.39 bits per heavy atom. The van der Waals surface area contributed by atoms with Crippen molar-refractivity contribution in [2.45, 2.75) is 32.4 Å². The second kappa shape index (κ2) is 5.89. The molecule has 0 aromatic heterocycles. The van der Waals surface area contributed by atoms with Crippen molar-refractivity contribution in [3.8, 4) is 6.07 Å². The molecule has 1 rings (SSSR count). The van der Waals surface area contributed by atoms with Gasteiger partial charge in [0.1, 0.15) is 11.6 Å². The van der Waals surface area contributed by atoms with E-state index >= 15 is 0 Å². The highest BCUT2D eigenvalue weighted by atomic mass is 19.1. The van der Waals surface area contributed by atoms with Gasteiger partial charge in [-0.25, -0.2) is 8.78 Å². The molecule has 0 aliphatic rings. The summed E-state index contributed by atoms with van der Waals surface area (Å²) < 4.78 is 27.0. The minimum atomic E-state index is -0.903. The molecule has 0 amide bonds. The molecular weight excluding hydrogens is 238 g/mol. The van der Waals surface area contributed by atoms with Crippen LogP contribution in [0.5, 0.6) is 0 Å². The molecule has 98 valence electrons. The van der Waals surface area contributed by atoms with Gasteiger partial charge in [-0.15, -0.1) is 0 Å². The van der Waals surface area contributed by atoms with Crippen molar-refractivity contribution in [3.05, 3.63) is 34.9 Å². The Hall–Kier alpha value is -1.51. The lowest BCUT2D eigenvalue weighted by molar-refractivity contribution is 0.0554. The molecule has 2 N–H and O–H groups in total. The fourth-order valence-electron chi connectivity index (χ4n) is 1.42. The average molecular weight is 254 g/mol. The highest BCUT2D eigenvalue weighted by Gasteiger charge is 2.18. The Morgan fingerprint density at radius 3 is 2.39 bits per heavy atom. The van der Waals surface area contributed by atoms with Crippen LogP contribution in [0.1, 0.15) is 31.4 Å². The average Bonchev–Trinajstić information content (AvgIpc) is 2.32. The zero-order valence-corrected chi connectivity index (χ0v) is 10.4. The van der Waals surface area contributed by atoms with Gasteiger partial charge in [0.25, 0.3) is 0 Å². The van der Waals surface area contributed by atoms with Crippen molar-refractivity contribution in [1.82, 2.24) is 5.32 Å². The van der Waals surface area contributed by atoms with E-state index < -0.39 is 17.2 Å². The zero-order chi connectivity index (χ0) is 13.8. The first-order chi connectivity index (χ1) is 8.39. The van der Waals surface area contributed by atoms with E-state index in [1.165, 1.54) is 0 Å². The smallest absolute Gasteiger partial charge is 0.131 e. The molecule has 0 heterocycles. The minimum Gasteiger partial charge on any atom is -0.389 e. The van der Waals surface area contributed by atoms with E-state index in [9.17, 15) is 13.9 Å². The van der Waals surface area contributed by atoms with Gasteiger partial charge in [0.05, 0.1) is 17.2 Å². The molecule has 1 atom stereocenters. The molecule has 0 bridgehead atoms. The summed E-state index contributed by atoms with van der Waals surface area (Å²) in [6.07, 6.45) is 0.540. The van der Waals surface area contributed by atoms with Crippen molar-refractivity contribution in [1.29, 1.82) is 5.26 Å². The lowest BCUT2D eigenvalue weighted by atomic mass is 10.0. The molecule has 0 fully saturated rings. The Labute approximate surface area is 105 Å². The van der Waals surface area contributed by atoms with Crippen LogP contribution >= 0.6 is 0 Å². The first-order valence-corrected chi connectivity index (χ1v) is 5.70. The predicted octanol–water partition coefficient (Wildman–Crippen LogP) is 2.09. The monoisotopic (exact) mass is 254 g/mol. The maximum absolute atomic E-state index is 13.5. The van der Waals surface area contributed by atoms with Crippen LogP contribution in [0, 0.1) is 23.0 Å². The van der Waals surface area contributed by atoms with E-state index in [1.54, 1.807) is 13.0 Å². The fraction of sp³-hybridized carbons (Fsp3) is 0.462. The summed E-state index contributed by atoms with van der Waals surface area (Å²) in [6, 6.07) is 3.68. The summed E-state index contributed by atoms with van der Waals surface area (Å²) >= 11 is 0. The van der Waals surface area contributed by atoms with Gasteiger partial charge >= 0.3 is 0 Å². The quantitative estimate of drug-likeness (QED) is 0.846. The lowest BCUT2D eigenvalue weighted by Crippen LogP contribution is -2.37. The van der Waals surface area contributed by atoms with Crippen LogP contribution in [0.15, 0.2) is 12.1 Å². The second-order valence-corrected chi connectivity index (χ2v) is 4.48. The summed E-state index contributed by atoms with van der Waals surface area (Å²) in [5.74, 6) is -1.51. The third-order valence-corrected chi connectivity index (χ3v) is 2.84. The molecule has 3 nitrogen and oxygen atoms in total. The number of halogens is 2. The van der Waals surface area contributed by atoms with Gasteiger partial charge < -0.3 is 10.4 Å². The molecule has 0 radical (unpaired) electrons. The molecule has 1 aromatic rings. The van der Waals surface area contributed by atoms with Crippen LogP contribution in [0.3, 0.4) is 0 Å². The van der Waals surface area contributed by atoms with Crippen LogP contribution in [0.2, 0.25) is 0 Å². The molecule has 0 spiro atoms. The van der Waals surface area contributed by atoms with Gasteiger partial charge in [-0.2, -0.15) is 5.26 Å². The van der Waals surface area contributed by atoms with Gasteiger partial charge in [-0.05, 0) is 25.5 Å². The molecular formula is C13H16F2N2O. The third-order valence-electron chi connectivity index (χ3n) is 2.84. The van der Waals surface area contributed by atoms with Gasteiger partial charge in [-0.3, -0.25) is 0 Å². The van der Waals surface area contributed by atoms with Crippen LogP contribution in [0.25, 0.3) is 0 Å². The summed E-state index contributed by atoms with van der Waals surface area (Å²) in [5, 5.41) is 21.1. The first kappa shape index (κ1) is 14.6. The SMILES string of the molecule is CCC(C)(O)CNCc1c(F)cc(C#N)cc1F. The molecule has 18 heavy (non-hydrogen) atoms. The largest absolute Gasteiger partial charge is 0.389 e. The van der Waals surface area contributed by atoms with Crippen LogP contribution in [0.4, 0.5) is 8.78 Å². The number of hydrogen-bond donors (Lipinski definition) is 2. The summed E-state index contributed by atoms with van der Waals surface area (Å²) in [6.45, 7) is 3.68. The zero-order valence-electron chi connectivity index (χ0n) is 10.4. The minimum absolute atomic E-state index is 0.0282. The van der Waals surface area contributed by atoms with Crippen LogP contribution in [-0.4, -0.2) is 17.3 Å². The van der Waals surface area contributed by atoms with Crippen molar-refractivity contribution >= 4 is 0 Å². The maximum Gasteiger partial charge on any atom is 0.131 e. The number of benzene rings is 1. The third kappa shape index (κ3) is 3.76. The summed E-state index contributed by atoms with van der Waals surface area (Å²) in [5.41, 5.74) is -1.07. The Bertz CT molecular complexity index is 444. The predicted molar refractivity (Wildman–Crippen MR) is 63.7 cm³/mol. The van der Waals surface area contributed by atoms with Gasteiger partial charge in [0.15, 0.2) is 0 Å². The van der Waals surface area contributed by atoms with Crippen molar-refractivity contribution in [2.24, 2.45) is 0 Å². The van der Waals surface area contributed by atoms with E-state index in [4.69, 9.17) is 5.26 Å². The van der Waals surface area contributed by atoms with Gasteiger partial charge in [0.2, 0.25) is 0 Å². The Balaban J connectivity index is 2.72. The Morgan fingerprint density at radius 2 is 1.94 bits per heavy atom. The highest BCUT2D eigenvalue weighted by molar-refractivity contribution is 5.34.